The molecule has 0 spiro atoms. The number of benzene rings is 1. The number of carbonyl (C=O) groups is 1. The van der Waals surface area contributed by atoms with E-state index in [9.17, 15) is 17.6 Å². The van der Waals surface area contributed by atoms with Gasteiger partial charge in [0.15, 0.2) is 0 Å². The van der Waals surface area contributed by atoms with Crippen molar-refractivity contribution in [3.63, 3.8) is 0 Å². The number of nitrogens with zero attached hydrogens (tertiary/aromatic N) is 3. The fourth-order valence-electron chi connectivity index (χ4n) is 3.17. The number of rotatable bonds is 5. The standard InChI is InChI=1S/C18H23FN4O3S/c1-13(2)23-17(7-10-20-23)21-18(24)14-8-11-22(12-9-14)27(25,26)16-5-3-15(19)4-6-16/h3-7,10,13-14H,8-9,11-12H2,1-2H3,(H,21,24). The van der Waals surface area contributed by atoms with E-state index in [0.29, 0.717) is 18.7 Å². The number of halogens is 1. The third-order valence-electron chi connectivity index (χ3n) is 4.69. The van der Waals surface area contributed by atoms with Gasteiger partial charge in [0.25, 0.3) is 0 Å². The van der Waals surface area contributed by atoms with Gasteiger partial charge in [0.1, 0.15) is 11.6 Å². The summed E-state index contributed by atoms with van der Waals surface area (Å²) in [4.78, 5) is 12.6. The summed E-state index contributed by atoms with van der Waals surface area (Å²) in [6.45, 7) is 4.45. The Hall–Kier alpha value is -2.26. The number of piperidine rings is 1. The zero-order valence-corrected chi connectivity index (χ0v) is 16.1. The van der Waals surface area contributed by atoms with Crippen molar-refractivity contribution in [2.45, 2.75) is 37.6 Å². The number of hydrogen-bond acceptors (Lipinski definition) is 4. The number of sulfonamides is 1. The van der Waals surface area contributed by atoms with Crippen LogP contribution < -0.4 is 5.32 Å². The van der Waals surface area contributed by atoms with E-state index in [1.807, 2.05) is 13.8 Å². The lowest BCUT2D eigenvalue weighted by Gasteiger charge is -2.30. The molecule has 27 heavy (non-hydrogen) atoms. The molecule has 0 atom stereocenters. The molecule has 7 nitrogen and oxygen atoms in total. The zero-order chi connectivity index (χ0) is 19.6. The molecule has 1 aromatic carbocycles. The average molecular weight is 394 g/mol. The van der Waals surface area contributed by atoms with Gasteiger partial charge >= 0.3 is 0 Å². The Morgan fingerprint density at radius 1 is 1.19 bits per heavy atom. The molecule has 1 saturated heterocycles. The van der Waals surface area contributed by atoms with Crippen LogP contribution in [-0.2, 0) is 14.8 Å². The first kappa shape index (κ1) is 19.5. The molecular formula is C18H23FN4O3S. The zero-order valence-electron chi connectivity index (χ0n) is 15.3. The first-order valence-electron chi connectivity index (χ1n) is 8.89. The van der Waals surface area contributed by atoms with Crippen molar-refractivity contribution >= 4 is 21.7 Å². The number of anilines is 1. The number of amides is 1. The molecule has 1 amide bonds. The predicted molar refractivity (Wildman–Crippen MR) is 99.1 cm³/mol. The second kappa shape index (κ2) is 7.77. The van der Waals surface area contributed by atoms with E-state index in [0.717, 1.165) is 12.1 Å². The molecule has 2 aromatic rings. The van der Waals surface area contributed by atoms with Crippen LogP contribution in [0, 0.1) is 11.7 Å². The summed E-state index contributed by atoms with van der Waals surface area (Å²) in [6.07, 6.45) is 2.50. The summed E-state index contributed by atoms with van der Waals surface area (Å²) in [7, 11) is -3.67. The van der Waals surface area contributed by atoms with Crippen LogP contribution in [0.4, 0.5) is 10.2 Å². The van der Waals surface area contributed by atoms with Crippen molar-refractivity contribution in [3.05, 3.63) is 42.3 Å². The maximum Gasteiger partial charge on any atom is 0.243 e. The van der Waals surface area contributed by atoms with E-state index in [-0.39, 0.29) is 35.9 Å². The van der Waals surface area contributed by atoms with Crippen LogP contribution in [0.15, 0.2) is 41.4 Å². The van der Waals surface area contributed by atoms with Crippen molar-refractivity contribution in [2.75, 3.05) is 18.4 Å². The fraction of sp³-hybridized carbons (Fsp3) is 0.444. The molecule has 9 heteroatoms. The minimum atomic E-state index is -3.67. The Labute approximate surface area is 158 Å². The van der Waals surface area contributed by atoms with Gasteiger partial charge in [0.2, 0.25) is 15.9 Å². The molecule has 1 aliphatic rings. The van der Waals surface area contributed by atoms with Crippen LogP contribution in [0.2, 0.25) is 0 Å². The van der Waals surface area contributed by atoms with E-state index >= 15 is 0 Å². The second-order valence-electron chi connectivity index (χ2n) is 6.88. The van der Waals surface area contributed by atoms with Gasteiger partial charge in [-0.15, -0.1) is 0 Å². The lowest BCUT2D eigenvalue weighted by Crippen LogP contribution is -2.41. The predicted octanol–water partition coefficient (Wildman–Crippen LogP) is 2.64. The van der Waals surface area contributed by atoms with Crippen LogP contribution in [0.3, 0.4) is 0 Å². The van der Waals surface area contributed by atoms with Crippen LogP contribution in [-0.4, -0.2) is 41.5 Å². The lowest BCUT2D eigenvalue weighted by atomic mass is 9.97. The highest BCUT2D eigenvalue weighted by Crippen LogP contribution is 2.25. The molecule has 0 saturated carbocycles. The second-order valence-corrected chi connectivity index (χ2v) is 8.81. The SMILES string of the molecule is CC(C)n1nccc1NC(=O)C1CCN(S(=O)(=O)c2ccc(F)cc2)CC1. The molecule has 0 bridgehead atoms. The Bertz CT molecular complexity index is 901. The molecule has 0 unspecified atom stereocenters. The van der Waals surface area contributed by atoms with Gasteiger partial charge in [0.05, 0.1) is 11.1 Å². The summed E-state index contributed by atoms with van der Waals surface area (Å²) >= 11 is 0. The van der Waals surface area contributed by atoms with Crippen molar-refractivity contribution in [1.82, 2.24) is 14.1 Å². The highest BCUT2D eigenvalue weighted by molar-refractivity contribution is 7.89. The number of hydrogen-bond donors (Lipinski definition) is 1. The van der Waals surface area contributed by atoms with Gasteiger partial charge in [-0.3, -0.25) is 4.79 Å². The highest BCUT2D eigenvalue weighted by Gasteiger charge is 2.32. The molecule has 0 radical (unpaired) electrons. The fourth-order valence-corrected chi connectivity index (χ4v) is 4.64. The highest BCUT2D eigenvalue weighted by atomic mass is 32.2. The minimum Gasteiger partial charge on any atom is -0.311 e. The third-order valence-corrected chi connectivity index (χ3v) is 6.60. The van der Waals surface area contributed by atoms with E-state index in [2.05, 4.69) is 10.4 Å². The van der Waals surface area contributed by atoms with Crippen LogP contribution in [0.5, 0.6) is 0 Å². The number of nitrogens with one attached hydrogen (secondary N) is 1. The van der Waals surface area contributed by atoms with Crippen molar-refractivity contribution in [2.24, 2.45) is 5.92 Å². The van der Waals surface area contributed by atoms with Gasteiger partial charge in [-0.25, -0.2) is 17.5 Å². The van der Waals surface area contributed by atoms with Crippen molar-refractivity contribution < 1.29 is 17.6 Å². The molecule has 1 N–H and O–H groups in total. The van der Waals surface area contributed by atoms with Crippen LogP contribution in [0.25, 0.3) is 0 Å². The molecule has 3 rings (SSSR count). The van der Waals surface area contributed by atoms with Crippen LogP contribution in [0.1, 0.15) is 32.7 Å². The summed E-state index contributed by atoms with van der Waals surface area (Å²) in [5.74, 6) is -0.238. The average Bonchev–Trinajstić information content (AvgIpc) is 3.10. The van der Waals surface area contributed by atoms with E-state index < -0.39 is 15.8 Å². The smallest absolute Gasteiger partial charge is 0.243 e. The minimum absolute atomic E-state index is 0.0626. The monoisotopic (exact) mass is 394 g/mol. The molecule has 0 aliphatic carbocycles. The topological polar surface area (TPSA) is 84.3 Å². The Kier molecular flexibility index (Phi) is 5.61. The first-order valence-corrected chi connectivity index (χ1v) is 10.3. The van der Waals surface area contributed by atoms with Gasteiger partial charge < -0.3 is 5.32 Å². The van der Waals surface area contributed by atoms with E-state index in [4.69, 9.17) is 0 Å². The van der Waals surface area contributed by atoms with Crippen molar-refractivity contribution in [3.8, 4) is 0 Å². The molecule has 2 heterocycles. The number of carbonyl (C=O) groups excluding carboxylic acids is 1. The maximum atomic E-state index is 13.0. The first-order chi connectivity index (χ1) is 12.8. The lowest BCUT2D eigenvalue weighted by molar-refractivity contribution is -0.121. The Morgan fingerprint density at radius 2 is 1.81 bits per heavy atom. The third kappa shape index (κ3) is 4.19. The van der Waals surface area contributed by atoms with Gasteiger partial charge in [-0.1, -0.05) is 0 Å². The molecular weight excluding hydrogens is 371 g/mol. The summed E-state index contributed by atoms with van der Waals surface area (Å²) < 4.78 is 41.4. The molecule has 1 fully saturated rings. The summed E-state index contributed by atoms with van der Waals surface area (Å²) in [5.41, 5.74) is 0. The molecule has 1 aromatic heterocycles. The Balaban J connectivity index is 1.62. The summed E-state index contributed by atoms with van der Waals surface area (Å²) in [5, 5.41) is 7.07. The van der Waals surface area contributed by atoms with Gasteiger partial charge in [-0.05, 0) is 51.0 Å². The molecule has 1 aliphatic heterocycles. The largest absolute Gasteiger partial charge is 0.311 e. The molecule has 146 valence electrons. The van der Waals surface area contributed by atoms with Gasteiger partial charge in [-0.2, -0.15) is 9.40 Å². The van der Waals surface area contributed by atoms with Gasteiger partial charge in [0, 0.05) is 31.1 Å². The van der Waals surface area contributed by atoms with Crippen LogP contribution >= 0.6 is 0 Å². The normalized spacial score (nSPS) is 16.6. The van der Waals surface area contributed by atoms with E-state index in [1.165, 1.54) is 16.4 Å². The van der Waals surface area contributed by atoms with Crippen molar-refractivity contribution in [1.29, 1.82) is 0 Å². The number of aromatic nitrogens is 2. The maximum absolute atomic E-state index is 13.0. The summed E-state index contributed by atoms with van der Waals surface area (Å²) in [6, 6.07) is 6.65. The quantitative estimate of drug-likeness (QED) is 0.845. The van der Waals surface area contributed by atoms with E-state index in [1.54, 1.807) is 16.9 Å². The Morgan fingerprint density at radius 3 is 2.41 bits per heavy atom.